The van der Waals surface area contributed by atoms with Gasteiger partial charge in [-0.1, -0.05) is 6.92 Å². The molecule has 0 radical (unpaired) electrons. The Morgan fingerprint density at radius 3 is 2.93 bits per heavy atom. The van der Waals surface area contributed by atoms with Gasteiger partial charge < -0.3 is 15.2 Å². The molecule has 1 aliphatic rings. The average Bonchev–Trinajstić information content (AvgIpc) is 2.18. The van der Waals surface area contributed by atoms with Gasteiger partial charge >= 0.3 is 0 Å². The number of aliphatic hydroxyl groups is 1. The smallest absolute Gasteiger partial charge is 0.0821 e. The van der Waals surface area contributed by atoms with Crippen molar-refractivity contribution in [3.63, 3.8) is 0 Å². The molecular weight excluding hydrogens is 178 g/mol. The Morgan fingerprint density at radius 2 is 2.36 bits per heavy atom. The van der Waals surface area contributed by atoms with Gasteiger partial charge in [0.25, 0.3) is 0 Å². The molecule has 1 aliphatic carbocycles. The normalized spacial score (nSPS) is 35.6. The molecule has 14 heavy (non-hydrogen) atoms. The van der Waals surface area contributed by atoms with Gasteiger partial charge in [-0.15, -0.1) is 0 Å². The lowest BCUT2D eigenvalue weighted by Crippen LogP contribution is -2.52. The topological polar surface area (TPSA) is 41.5 Å². The summed E-state index contributed by atoms with van der Waals surface area (Å²) in [4.78, 5) is 0. The molecule has 84 valence electrons. The summed E-state index contributed by atoms with van der Waals surface area (Å²) in [6.45, 7) is 5.03. The van der Waals surface area contributed by atoms with E-state index in [9.17, 15) is 5.11 Å². The third-order valence-electron chi connectivity index (χ3n) is 3.37. The molecule has 0 heterocycles. The molecule has 2 N–H and O–H groups in total. The molecule has 3 heteroatoms. The minimum atomic E-state index is -0.574. The van der Waals surface area contributed by atoms with Gasteiger partial charge in [-0.05, 0) is 32.7 Å². The average molecular weight is 201 g/mol. The van der Waals surface area contributed by atoms with Crippen LogP contribution in [0.4, 0.5) is 0 Å². The van der Waals surface area contributed by atoms with Crippen molar-refractivity contribution in [2.45, 2.75) is 57.3 Å². The van der Waals surface area contributed by atoms with Gasteiger partial charge in [-0.2, -0.15) is 0 Å². The summed E-state index contributed by atoms with van der Waals surface area (Å²) in [6.07, 6.45) is 4.02. The molecule has 0 aromatic rings. The van der Waals surface area contributed by atoms with Gasteiger partial charge in [0.05, 0.1) is 11.7 Å². The molecule has 1 saturated carbocycles. The van der Waals surface area contributed by atoms with Gasteiger partial charge in [0.2, 0.25) is 0 Å². The molecule has 0 amide bonds. The Bertz CT molecular complexity index is 175. The van der Waals surface area contributed by atoms with Crippen molar-refractivity contribution in [1.82, 2.24) is 5.32 Å². The molecule has 0 aliphatic heterocycles. The lowest BCUT2D eigenvalue weighted by Gasteiger charge is -2.40. The Balaban J connectivity index is 2.53. The summed E-state index contributed by atoms with van der Waals surface area (Å²) in [7, 11) is 1.73. The number of likely N-dealkylation sites (N-methyl/N-ethyl adjacent to an activating group) is 1. The van der Waals surface area contributed by atoms with Crippen LogP contribution in [-0.4, -0.2) is 36.5 Å². The van der Waals surface area contributed by atoms with Crippen molar-refractivity contribution >= 4 is 0 Å². The van der Waals surface area contributed by atoms with E-state index in [0.717, 1.165) is 32.2 Å². The highest BCUT2D eigenvalue weighted by Crippen LogP contribution is 2.32. The molecule has 3 atom stereocenters. The monoisotopic (exact) mass is 201 g/mol. The Labute approximate surface area is 86.8 Å². The van der Waals surface area contributed by atoms with E-state index in [-0.39, 0.29) is 12.1 Å². The fourth-order valence-electron chi connectivity index (χ4n) is 2.32. The van der Waals surface area contributed by atoms with Crippen molar-refractivity contribution < 1.29 is 9.84 Å². The van der Waals surface area contributed by atoms with Gasteiger partial charge in [0, 0.05) is 19.6 Å². The summed E-state index contributed by atoms with van der Waals surface area (Å²) in [5, 5.41) is 13.7. The number of hydrogen-bond acceptors (Lipinski definition) is 3. The minimum absolute atomic E-state index is 0.158. The van der Waals surface area contributed by atoms with Crippen LogP contribution in [0.1, 0.15) is 39.5 Å². The summed E-state index contributed by atoms with van der Waals surface area (Å²) >= 11 is 0. The summed E-state index contributed by atoms with van der Waals surface area (Å²) in [6, 6.07) is 0.158. The summed E-state index contributed by atoms with van der Waals surface area (Å²) in [5.74, 6) is 0. The van der Waals surface area contributed by atoms with Crippen LogP contribution in [0.25, 0.3) is 0 Å². The molecule has 1 fully saturated rings. The zero-order chi connectivity index (χ0) is 10.6. The van der Waals surface area contributed by atoms with Crippen molar-refractivity contribution in [2.75, 3.05) is 13.7 Å². The Hall–Kier alpha value is -0.120. The van der Waals surface area contributed by atoms with Crippen LogP contribution in [0.15, 0.2) is 0 Å². The molecule has 0 spiro atoms. The molecule has 1 rings (SSSR count). The number of nitrogens with one attached hydrogen (secondary N) is 1. The second kappa shape index (κ2) is 5.10. The number of ether oxygens (including phenoxy) is 1. The first-order valence-electron chi connectivity index (χ1n) is 5.61. The second-order valence-electron chi connectivity index (χ2n) is 4.34. The summed E-state index contributed by atoms with van der Waals surface area (Å²) in [5.41, 5.74) is -0.574. The molecule has 3 unspecified atom stereocenters. The second-order valence-corrected chi connectivity index (χ2v) is 4.34. The lowest BCUT2D eigenvalue weighted by molar-refractivity contribution is -0.0765. The zero-order valence-corrected chi connectivity index (χ0v) is 9.55. The molecule has 0 aromatic heterocycles. The molecule has 0 bridgehead atoms. The van der Waals surface area contributed by atoms with Crippen LogP contribution in [0, 0.1) is 0 Å². The molecular formula is C11H23NO2. The third kappa shape index (κ3) is 2.69. The largest absolute Gasteiger partial charge is 0.388 e. The van der Waals surface area contributed by atoms with Gasteiger partial charge in [0.1, 0.15) is 0 Å². The maximum absolute atomic E-state index is 10.4. The van der Waals surface area contributed by atoms with Crippen LogP contribution < -0.4 is 5.32 Å². The van der Waals surface area contributed by atoms with Gasteiger partial charge in [0.15, 0.2) is 0 Å². The molecule has 0 aromatic carbocycles. The highest BCUT2D eigenvalue weighted by Gasteiger charge is 2.38. The van der Waals surface area contributed by atoms with Crippen molar-refractivity contribution in [3.05, 3.63) is 0 Å². The Morgan fingerprint density at radius 1 is 1.64 bits per heavy atom. The number of hydrogen-bond donors (Lipinski definition) is 2. The number of methoxy groups -OCH3 is 1. The van der Waals surface area contributed by atoms with E-state index in [1.54, 1.807) is 7.11 Å². The van der Waals surface area contributed by atoms with Crippen LogP contribution in [0.3, 0.4) is 0 Å². The van der Waals surface area contributed by atoms with Gasteiger partial charge in [-0.25, -0.2) is 0 Å². The van der Waals surface area contributed by atoms with E-state index < -0.39 is 5.60 Å². The van der Waals surface area contributed by atoms with Crippen molar-refractivity contribution in [2.24, 2.45) is 0 Å². The van der Waals surface area contributed by atoms with Crippen molar-refractivity contribution in [1.29, 1.82) is 0 Å². The maximum atomic E-state index is 10.4. The Kier molecular flexibility index (Phi) is 4.35. The van der Waals surface area contributed by atoms with E-state index in [1.807, 2.05) is 0 Å². The van der Waals surface area contributed by atoms with E-state index in [1.165, 1.54) is 0 Å². The van der Waals surface area contributed by atoms with Crippen molar-refractivity contribution in [3.8, 4) is 0 Å². The van der Waals surface area contributed by atoms with E-state index in [2.05, 4.69) is 19.2 Å². The van der Waals surface area contributed by atoms with Crippen LogP contribution >= 0.6 is 0 Å². The van der Waals surface area contributed by atoms with E-state index >= 15 is 0 Å². The first kappa shape index (κ1) is 12.0. The van der Waals surface area contributed by atoms with Crippen LogP contribution in [0.5, 0.6) is 0 Å². The third-order valence-corrected chi connectivity index (χ3v) is 3.37. The van der Waals surface area contributed by atoms with Crippen LogP contribution in [-0.2, 0) is 4.74 Å². The minimum Gasteiger partial charge on any atom is -0.388 e. The summed E-state index contributed by atoms with van der Waals surface area (Å²) < 4.78 is 5.33. The first-order valence-corrected chi connectivity index (χ1v) is 5.61. The van der Waals surface area contributed by atoms with E-state index in [4.69, 9.17) is 4.74 Å². The standard InChI is InChI=1S/C11H23NO2/c1-4-12-9(2)11(13)7-5-6-10(8-11)14-3/h9-10,12-13H,4-8H2,1-3H3. The number of rotatable bonds is 4. The highest BCUT2D eigenvalue weighted by atomic mass is 16.5. The SMILES string of the molecule is CCNC(C)C1(O)CCCC(OC)C1. The predicted molar refractivity (Wildman–Crippen MR) is 57.4 cm³/mol. The van der Waals surface area contributed by atoms with Gasteiger partial charge in [-0.3, -0.25) is 0 Å². The van der Waals surface area contributed by atoms with Crippen LogP contribution in [0.2, 0.25) is 0 Å². The lowest BCUT2D eigenvalue weighted by atomic mass is 9.78. The molecule has 3 nitrogen and oxygen atoms in total. The fraction of sp³-hybridized carbons (Fsp3) is 1.00. The first-order chi connectivity index (χ1) is 6.62. The molecule has 0 saturated heterocycles. The quantitative estimate of drug-likeness (QED) is 0.720. The van der Waals surface area contributed by atoms with E-state index in [0.29, 0.717) is 0 Å². The zero-order valence-electron chi connectivity index (χ0n) is 9.55. The maximum Gasteiger partial charge on any atom is 0.0821 e. The highest BCUT2D eigenvalue weighted by molar-refractivity contribution is 4.94. The fourth-order valence-corrected chi connectivity index (χ4v) is 2.32. The predicted octanol–water partition coefficient (Wildman–Crippen LogP) is 1.30.